The van der Waals surface area contributed by atoms with Gasteiger partial charge in [-0.05, 0) is 41.7 Å². The molecule has 6 heteroatoms. The number of aromatic amines is 1. The lowest BCUT2D eigenvalue weighted by atomic mass is 10.0. The summed E-state index contributed by atoms with van der Waals surface area (Å²) in [5.41, 5.74) is 3.70. The fraction of sp³-hybridized carbons (Fsp3) is 0.250. The first-order valence-electron chi connectivity index (χ1n) is 8.73. The van der Waals surface area contributed by atoms with Crippen molar-refractivity contribution in [1.82, 2.24) is 15.3 Å². The topological polar surface area (TPSA) is 86.9 Å². The van der Waals surface area contributed by atoms with Crippen LogP contribution in [0.5, 0.6) is 0 Å². The first kappa shape index (κ1) is 16.3. The number of hydrogen-bond donors (Lipinski definition) is 3. The van der Waals surface area contributed by atoms with Crippen LogP contribution in [0.4, 0.5) is 5.82 Å². The van der Waals surface area contributed by atoms with Crippen LogP contribution < -0.4 is 10.6 Å². The van der Waals surface area contributed by atoms with Crippen LogP contribution in [0, 0.1) is 5.92 Å². The van der Waals surface area contributed by atoms with Crippen LogP contribution in [-0.4, -0.2) is 28.8 Å². The van der Waals surface area contributed by atoms with Crippen LogP contribution in [0.3, 0.4) is 0 Å². The predicted octanol–water partition coefficient (Wildman–Crippen LogP) is 2.87. The molecule has 2 amide bonds. The van der Waals surface area contributed by atoms with Gasteiger partial charge in [-0.1, -0.05) is 24.3 Å². The van der Waals surface area contributed by atoms with Gasteiger partial charge in [0.1, 0.15) is 11.5 Å². The maximum atomic E-state index is 12.1. The van der Waals surface area contributed by atoms with E-state index in [1.807, 2.05) is 42.6 Å². The first-order valence-corrected chi connectivity index (χ1v) is 8.73. The maximum Gasteiger partial charge on any atom is 0.228 e. The Bertz CT molecular complexity index is 971. The summed E-state index contributed by atoms with van der Waals surface area (Å²) in [7, 11) is 1.63. The largest absolute Gasteiger partial charge is 0.359 e. The minimum absolute atomic E-state index is 0.0141. The Balaban J connectivity index is 1.67. The quantitative estimate of drug-likeness (QED) is 0.662. The molecule has 4 rings (SSSR count). The van der Waals surface area contributed by atoms with Crippen LogP contribution in [0.2, 0.25) is 0 Å². The second-order valence-corrected chi connectivity index (χ2v) is 6.61. The number of H-pyrrole nitrogens is 1. The van der Waals surface area contributed by atoms with E-state index in [0.29, 0.717) is 12.2 Å². The second kappa shape index (κ2) is 6.63. The van der Waals surface area contributed by atoms with E-state index in [4.69, 9.17) is 0 Å². The van der Waals surface area contributed by atoms with Crippen LogP contribution in [0.25, 0.3) is 22.2 Å². The summed E-state index contributed by atoms with van der Waals surface area (Å²) in [6, 6.07) is 11.8. The van der Waals surface area contributed by atoms with Crippen molar-refractivity contribution in [1.29, 1.82) is 0 Å². The Morgan fingerprint density at radius 3 is 2.65 bits per heavy atom. The lowest BCUT2D eigenvalue weighted by molar-refractivity contribution is -0.120. The molecule has 1 saturated carbocycles. The normalized spacial score (nSPS) is 13.6. The number of hydrogen-bond acceptors (Lipinski definition) is 3. The molecule has 3 aromatic rings. The number of aromatic nitrogens is 2. The van der Waals surface area contributed by atoms with Crippen molar-refractivity contribution in [2.24, 2.45) is 5.92 Å². The Morgan fingerprint density at radius 2 is 1.96 bits per heavy atom. The lowest BCUT2D eigenvalue weighted by Crippen LogP contribution is -2.19. The van der Waals surface area contributed by atoms with Gasteiger partial charge in [0.05, 0.1) is 6.42 Å². The number of fused-ring (bicyclic) bond motifs is 1. The van der Waals surface area contributed by atoms with E-state index in [9.17, 15) is 9.59 Å². The molecule has 1 aliphatic carbocycles. The summed E-state index contributed by atoms with van der Waals surface area (Å²) in [6.45, 7) is 0. The number of carbonyl (C=O) groups is 2. The van der Waals surface area contributed by atoms with Gasteiger partial charge in [0.2, 0.25) is 11.8 Å². The Kier molecular flexibility index (Phi) is 4.16. The monoisotopic (exact) mass is 348 g/mol. The molecule has 0 radical (unpaired) electrons. The van der Waals surface area contributed by atoms with Crippen molar-refractivity contribution >= 4 is 28.7 Å². The van der Waals surface area contributed by atoms with Gasteiger partial charge in [-0.3, -0.25) is 9.59 Å². The fourth-order valence-electron chi connectivity index (χ4n) is 2.99. The number of likely N-dealkylation sites (N-methyl/N-ethyl adjacent to an activating group) is 1. The smallest absolute Gasteiger partial charge is 0.228 e. The summed E-state index contributed by atoms with van der Waals surface area (Å²) in [5.74, 6) is 0.708. The molecule has 2 heterocycles. The summed E-state index contributed by atoms with van der Waals surface area (Å²) >= 11 is 0. The summed E-state index contributed by atoms with van der Waals surface area (Å²) in [6.07, 6.45) is 4.11. The molecular formula is C20H20N4O2. The average Bonchev–Trinajstić information content (AvgIpc) is 3.40. The number of amides is 2. The molecule has 0 aliphatic heterocycles. The fourth-order valence-corrected chi connectivity index (χ4v) is 2.99. The molecule has 6 nitrogen and oxygen atoms in total. The van der Waals surface area contributed by atoms with E-state index in [1.54, 1.807) is 7.05 Å². The van der Waals surface area contributed by atoms with Crippen LogP contribution in [0.15, 0.2) is 42.6 Å². The van der Waals surface area contributed by atoms with E-state index < -0.39 is 0 Å². The predicted molar refractivity (Wildman–Crippen MR) is 101 cm³/mol. The van der Waals surface area contributed by atoms with Crippen molar-refractivity contribution in [3.63, 3.8) is 0 Å². The van der Waals surface area contributed by atoms with Crippen molar-refractivity contribution in [3.05, 3.63) is 48.2 Å². The van der Waals surface area contributed by atoms with Crippen molar-refractivity contribution in [2.75, 3.05) is 12.4 Å². The highest BCUT2D eigenvalue weighted by molar-refractivity contribution is 5.99. The van der Waals surface area contributed by atoms with E-state index in [-0.39, 0.29) is 17.7 Å². The lowest BCUT2D eigenvalue weighted by Gasteiger charge is -2.09. The van der Waals surface area contributed by atoms with Gasteiger partial charge in [0.15, 0.2) is 0 Å². The Morgan fingerprint density at radius 1 is 1.19 bits per heavy atom. The maximum absolute atomic E-state index is 12.1. The Labute approximate surface area is 151 Å². The third-order valence-electron chi connectivity index (χ3n) is 4.64. The molecule has 0 bridgehead atoms. The number of pyridine rings is 1. The number of rotatable bonds is 5. The van der Waals surface area contributed by atoms with Gasteiger partial charge in [0.25, 0.3) is 0 Å². The second-order valence-electron chi connectivity index (χ2n) is 6.61. The van der Waals surface area contributed by atoms with Crippen LogP contribution >= 0.6 is 0 Å². The van der Waals surface area contributed by atoms with Gasteiger partial charge >= 0.3 is 0 Å². The Hall–Kier alpha value is -3.15. The number of anilines is 1. The minimum atomic E-state index is -0.0141. The molecule has 0 saturated heterocycles. The molecule has 1 fully saturated rings. The number of benzene rings is 1. The third kappa shape index (κ3) is 3.31. The molecule has 1 aromatic carbocycles. The van der Waals surface area contributed by atoms with Crippen LogP contribution in [0.1, 0.15) is 18.4 Å². The number of nitrogens with zero attached hydrogens (tertiary/aromatic N) is 1. The van der Waals surface area contributed by atoms with E-state index in [2.05, 4.69) is 20.6 Å². The molecule has 0 spiro atoms. The van der Waals surface area contributed by atoms with Crippen LogP contribution in [-0.2, 0) is 16.0 Å². The van der Waals surface area contributed by atoms with Crippen molar-refractivity contribution < 1.29 is 9.59 Å². The van der Waals surface area contributed by atoms with Gasteiger partial charge in [0, 0.05) is 24.5 Å². The van der Waals surface area contributed by atoms with E-state index in [0.717, 1.165) is 40.6 Å². The highest BCUT2D eigenvalue weighted by Crippen LogP contribution is 2.33. The van der Waals surface area contributed by atoms with E-state index in [1.165, 1.54) is 0 Å². The molecular weight excluding hydrogens is 328 g/mol. The molecule has 2 aromatic heterocycles. The molecule has 3 N–H and O–H groups in total. The highest BCUT2D eigenvalue weighted by atomic mass is 16.2. The molecule has 0 unspecified atom stereocenters. The molecule has 26 heavy (non-hydrogen) atoms. The first-order chi connectivity index (χ1) is 12.6. The van der Waals surface area contributed by atoms with Crippen molar-refractivity contribution in [3.8, 4) is 11.1 Å². The summed E-state index contributed by atoms with van der Waals surface area (Å²) < 4.78 is 0. The zero-order chi connectivity index (χ0) is 18.1. The van der Waals surface area contributed by atoms with Gasteiger partial charge in [-0.25, -0.2) is 4.98 Å². The zero-order valence-corrected chi connectivity index (χ0v) is 14.5. The van der Waals surface area contributed by atoms with Gasteiger partial charge in [-0.15, -0.1) is 0 Å². The molecule has 1 aliphatic rings. The minimum Gasteiger partial charge on any atom is -0.359 e. The standard InChI is InChI=1S/C20H20N4O2/c1-21-18(25)10-12-2-4-13(5-3-12)16-11-17(24-20(26)14-6-7-14)23-19-15(16)8-9-22-19/h2-5,8-9,11,14H,6-7,10H2,1H3,(H,21,25)(H2,22,23,24,26). The molecule has 132 valence electrons. The summed E-state index contributed by atoms with van der Waals surface area (Å²) in [5, 5.41) is 6.54. The SMILES string of the molecule is CNC(=O)Cc1ccc(-c2cc(NC(=O)C3CC3)nc3[nH]ccc23)cc1. The molecule has 0 atom stereocenters. The third-order valence-corrected chi connectivity index (χ3v) is 4.64. The number of nitrogens with one attached hydrogen (secondary N) is 3. The zero-order valence-electron chi connectivity index (χ0n) is 14.5. The summed E-state index contributed by atoms with van der Waals surface area (Å²) in [4.78, 5) is 31.2. The highest BCUT2D eigenvalue weighted by Gasteiger charge is 2.30. The average molecular weight is 348 g/mol. The van der Waals surface area contributed by atoms with Crippen molar-refractivity contribution in [2.45, 2.75) is 19.3 Å². The van der Waals surface area contributed by atoms with E-state index >= 15 is 0 Å². The van der Waals surface area contributed by atoms with Gasteiger partial charge < -0.3 is 15.6 Å². The number of carbonyl (C=O) groups excluding carboxylic acids is 2. The van der Waals surface area contributed by atoms with Gasteiger partial charge in [-0.2, -0.15) is 0 Å².